The number of halogens is 4. The van der Waals surface area contributed by atoms with E-state index in [1.165, 1.54) is 6.07 Å². The third-order valence-electron chi connectivity index (χ3n) is 2.84. The van der Waals surface area contributed by atoms with Crippen LogP contribution in [-0.2, 0) is 12.7 Å². The topological polar surface area (TPSA) is 35.8 Å². The Morgan fingerprint density at radius 2 is 1.90 bits per heavy atom. The first-order valence-electron chi connectivity index (χ1n) is 6.00. The van der Waals surface area contributed by atoms with Crippen molar-refractivity contribution in [2.45, 2.75) is 12.7 Å². The number of anilines is 1. The van der Waals surface area contributed by atoms with Crippen LogP contribution < -0.4 is 5.32 Å². The fourth-order valence-corrected chi connectivity index (χ4v) is 1.99. The Bertz CT molecular complexity index is 690. The van der Waals surface area contributed by atoms with Crippen LogP contribution in [0.2, 0.25) is 5.02 Å². The Morgan fingerprint density at radius 1 is 1.14 bits per heavy atom. The Labute approximate surface area is 124 Å². The highest BCUT2D eigenvalue weighted by Gasteiger charge is 2.30. The van der Waals surface area contributed by atoms with Crippen LogP contribution in [0, 0.1) is 11.3 Å². The molecule has 0 aliphatic rings. The third kappa shape index (κ3) is 3.89. The summed E-state index contributed by atoms with van der Waals surface area (Å²) in [5, 5.41) is 12.3. The number of nitriles is 1. The highest BCUT2D eigenvalue weighted by molar-refractivity contribution is 6.30. The zero-order chi connectivity index (χ0) is 15.5. The molecule has 0 bridgehead atoms. The normalized spacial score (nSPS) is 11.0. The maximum atomic E-state index is 12.6. The zero-order valence-corrected chi connectivity index (χ0v) is 11.5. The van der Waals surface area contributed by atoms with Crippen molar-refractivity contribution in [2.24, 2.45) is 0 Å². The minimum Gasteiger partial charge on any atom is -0.380 e. The molecule has 2 rings (SSSR count). The number of rotatable bonds is 3. The van der Waals surface area contributed by atoms with Crippen LogP contribution in [-0.4, -0.2) is 0 Å². The van der Waals surface area contributed by atoms with Crippen LogP contribution in [0.1, 0.15) is 16.7 Å². The predicted molar refractivity (Wildman–Crippen MR) is 74.9 cm³/mol. The molecule has 0 radical (unpaired) electrons. The van der Waals surface area contributed by atoms with Crippen molar-refractivity contribution in [3.8, 4) is 6.07 Å². The average Bonchev–Trinajstić information content (AvgIpc) is 2.45. The van der Waals surface area contributed by atoms with Crippen molar-refractivity contribution in [3.05, 3.63) is 64.2 Å². The number of hydrogen-bond acceptors (Lipinski definition) is 2. The maximum Gasteiger partial charge on any atom is 0.416 e. The van der Waals surface area contributed by atoms with Gasteiger partial charge in [0.05, 0.1) is 16.8 Å². The van der Waals surface area contributed by atoms with E-state index >= 15 is 0 Å². The van der Waals surface area contributed by atoms with Crippen LogP contribution >= 0.6 is 11.6 Å². The molecule has 0 aliphatic heterocycles. The Morgan fingerprint density at radius 3 is 2.57 bits per heavy atom. The van der Waals surface area contributed by atoms with Gasteiger partial charge in [0.2, 0.25) is 0 Å². The van der Waals surface area contributed by atoms with Gasteiger partial charge in [0, 0.05) is 11.6 Å². The highest BCUT2D eigenvalue weighted by atomic mass is 35.5. The molecular weight excluding hydrogens is 301 g/mol. The van der Waals surface area contributed by atoms with Gasteiger partial charge in [-0.25, -0.2) is 0 Å². The second kappa shape index (κ2) is 6.06. The van der Waals surface area contributed by atoms with Gasteiger partial charge in [-0.2, -0.15) is 18.4 Å². The summed E-state index contributed by atoms with van der Waals surface area (Å²) in [6, 6.07) is 11.7. The summed E-state index contributed by atoms with van der Waals surface area (Å²) >= 11 is 5.84. The molecule has 0 unspecified atom stereocenters. The zero-order valence-electron chi connectivity index (χ0n) is 10.7. The fourth-order valence-electron chi connectivity index (χ4n) is 1.82. The maximum absolute atomic E-state index is 12.6. The van der Waals surface area contributed by atoms with Crippen LogP contribution in [0.5, 0.6) is 0 Å². The van der Waals surface area contributed by atoms with E-state index in [0.29, 0.717) is 21.8 Å². The standard InChI is InChI=1S/C15H10ClF3N2/c16-13-5-4-11(8-20)14(7-13)21-9-10-2-1-3-12(6-10)15(17,18)19/h1-7,21H,9H2. The summed E-state index contributed by atoms with van der Waals surface area (Å²) in [5.41, 5.74) is 0.635. The minimum absolute atomic E-state index is 0.166. The predicted octanol–water partition coefficient (Wildman–Crippen LogP) is 4.84. The van der Waals surface area contributed by atoms with Gasteiger partial charge in [-0.15, -0.1) is 0 Å². The first-order valence-corrected chi connectivity index (χ1v) is 6.37. The lowest BCUT2D eigenvalue weighted by Gasteiger charge is -2.11. The van der Waals surface area contributed by atoms with Crippen molar-refractivity contribution in [1.82, 2.24) is 0 Å². The van der Waals surface area contributed by atoms with Crippen molar-refractivity contribution >= 4 is 17.3 Å². The molecule has 0 fully saturated rings. The van der Waals surface area contributed by atoms with Gasteiger partial charge in [-0.3, -0.25) is 0 Å². The lowest BCUT2D eigenvalue weighted by Crippen LogP contribution is -2.07. The van der Waals surface area contributed by atoms with Gasteiger partial charge in [0.1, 0.15) is 6.07 Å². The number of hydrogen-bond donors (Lipinski definition) is 1. The number of alkyl halides is 3. The summed E-state index contributed by atoms with van der Waals surface area (Å²) in [6.07, 6.45) is -4.37. The van der Waals surface area contributed by atoms with E-state index in [9.17, 15) is 13.2 Å². The molecule has 0 aliphatic carbocycles. The Balaban J connectivity index is 2.18. The molecule has 0 aromatic heterocycles. The molecule has 2 aromatic carbocycles. The van der Waals surface area contributed by atoms with E-state index in [0.717, 1.165) is 12.1 Å². The SMILES string of the molecule is N#Cc1ccc(Cl)cc1NCc1cccc(C(F)(F)F)c1. The summed E-state index contributed by atoms with van der Waals surface area (Å²) in [6.45, 7) is 0.166. The Hall–Kier alpha value is -2.19. The smallest absolute Gasteiger partial charge is 0.380 e. The fraction of sp³-hybridized carbons (Fsp3) is 0.133. The molecule has 0 spiro atoms. The lowest BCUT2D eigenvalue weighted by molar-refractivity contribution is -0.137. The van der Waals surface area contributed by atoms with Crippen molar-refractivity contribution in [3.63, 3.8) is 0 Å². The molecule has 0 atom stereocenters. The molecule has 0 heterocycles. The molecule has 2 aromatic rings. The number of nitrogens with one attached hydrogen (secondary N) is 1. The van der Waals surface area contributed by atoms with E-state index in [1.54, 1.807) is 24.3 Å². The van der Waals surface area contributed by atoms with Crippen LogP contribution in [0.15, 0.2) is 42.5 Å². The summed E-state index contributed by atoms with van der Waals surface area (Å²) in [4.78, 5) is 0. The van der Waals surface area contributed by atoms with Gasteiger partial charge in [-0.1, -0.05) is 23.7 Å². The Kier molecular flexibility index (Phi) is 4.39. The van der Waals surface area contributed by atoms with Crippen LogP contribution in [0.25, 0.3) is 0 Å². The van der Waals surface area contributed by atoms with Gasteiger partial charge in [0.25, 0.3) is 0 Å². The molecule has 2 nitrogen and oxygen atoms in total. The van der Waals surface area contributed by atoms with E-state index in [1.807, 2.05) is 6.07 Å². The summed E-state index contributed by atoms with van der Waals surface area (Å²) in [7, 11) is 0. The molecule has 1 N–H and O–H groups in total. The van der Waals surface area contributed by atoms with Crippen molar-refractivity contribution < 1.29 is 13.2 Å². The molecule has 6 heteroatoms. The first-order chi connectivity index (χ1) is 9.90. The molecule has 0 saturated carbocycles. The van der Waals surface area contributed by atoms with E-state index < -0.39 is 11.7 Å². The lowest BCUT2D eigenvalue weighted by atomic mass is 10.1. The van der Waals surface area contributed by atoms with Crippen LogP contribution in [0.4, 0.5) is 18.9 Å². The van der Waals surface area contributed by atoms with E-state index in [2.05, 4.69) is 5.32 Å². The average molecular weight is 311 g/mol. The first kappa shape index (κ1) is 15.2. The van der Waals surface area contributed by atoms with Crippen molar-refractivity contribution in [2.75, 3.05) is 5.32 Å². The van der Waals surface area contributed by atoms with Crippen LogP contribution in [0.3, 0.4) is 0 Å². The molecule has 0 amide bonds. The second-order valence-corrected chi connectivity index (χ2v) is 4.79. The molecule has 0 saturated heterocycles. The van der Waals surface area contributed by atoms with E-state index in [-0.39, 0.29) is 6.54 Å². The third-order valence-corrected chi connectivity index (χ3v) is 3.07. The largest absolute Gasteiger partial charge is 0.416 e. The molecular formula is C15H10ClF3N2. The van der Waals surface area contributed by atoms with E-state index in [4.69, 9.17) is 16.9 Å². The number of nitrogens with zero attached hydrogens (tertiary/aromatic N) is 1. The van der Waals surface area contributed by atoms with Gasteiger partial charge in [0.15, 0.2) is 0 Å². The second-order valence-electron chi connectivity index (χ2n) is 4.35. The van der Waals surface area contributed by atoms with Gasteiger partial charge < -0.3 is 5.32 Å². The number of benzene rings is 2. The van der Waals surface area contributed by atoms with Crippen molar-refractivity contribution in [1.29, 1.82) is 5.26 Å². The quantitative estimate of drug-likeness (QED) is 0.880. The molecule has 21 heavy (non-hydrogen) atoms. The summed E-state index contributed by atoms with van der Waals surface area (Å²) < 4.78 is 37.9. The van der Waals surface area contributed by atoms with Gasteiger partial charge >= 0.3 is 6.18 Å². The highest BCUT2D eigenvalue weighted by Crippen LogP contribution is 2.29. The van der Waals surface area contributed by atoms with Gasteiger partial charge in [-0.05, 0) is 35.9 Å². The minimum atomic E-state index is -4.37. The monoisotopic (exact) mass is 310 g/mol. The summed E-state index contributed by atoms with van der Waals surface area (Å²) in [5.74, 6) is 0. The molecule has 108 valence electrons.